The monoisotopic (exact) mass is 521 g/mol. The largest absolute Gasteiger partial charge is 0.404 e. The number of piperidine rings is 1. The summed E-state index contributed by atoms with van der Waals surface area (Å²) in [6.07, 6.45) is -0.864. The van der Waals surface area contributed by atoms with Gasteiger partial charge in [0.25, 0.3) is 0 Å². The number of alkyl halides is 3. The maximum Gasteiger partial charge on any atom is 0.404 e. The van der Waals surface area contributed by atoms with Gasteiger partial charge in [-0.25, -0.2) is 13.1 Å². The van der Waals surface area contributed by atoms with Crippen molar-refractivity contribution in [3.63, 3.8) is 0 Å². The number of fused-ring (bicyclic) bond motifs is 1. The van der Waals surface area contributed by atoms with Crippen molar-refractivity contribution in [2.24, 2.45) is 11.8 Å². The summed E-state index contributed by atoms with van der Waals surface area (Å²) >= 11 is 1.06. The number of nitrogens with zero attached hydrogens (tertiary/aromatic N) is 5. The fourth-order valence-electron chi connectivity index (χ4n) is 5.72. The molecule has 0 bridgehead atoms. The number of rotatable bonds is 5. The topological polar surface area (TPSA) is 37.2 Å². The van der Waals surface area contributed by atoms with Crippen LogP contribution in [-0.2, 0) is 6.54 Å². The standard InChI is InChI=1S/C25H24F5N5S/c26-19-9-21(33-11-17-18(12-33)24(17)34-13-31-32-14-34)20(27)8-16(19)10-35-23(25(28,29)30)7-6-22(36-35)15-4-2-1-3-5-15/h1-5,8-9,13-14,17-18,22-24H,6-7,10-12H2/t17-,18+,22-,23+,24-/m0/s1. The molecule has 190 valence electrons. The summed E-state index contributed by atoms with van der Waals surface area (Å²) in [6.45, 7) is 0.836. The molecule has 6 rings (SSSR count). The molecule has 0 radical (unpaired) electrons. The van der Waals surface area contributed by atoms with Crippen LogP contribution >= 0.6 is 11.9 Å². The fourth-order valence-corrected chi connectivity index (χ4v) is 7.15. The van der Waals surface area contributed by atoms with Gasteiger partial charge in [-0.1, -0.05) is 42.3 Å². The van der Waals surface area contributed by atoms with E-state index in [1.165, 1.54) is 4.31 Å². The van der Waals surface area contributed by atoms with E-state index in [4.69, 9.17) is 0 Å². The molecule has 3 fully saturated rings. The second-order valence-electron chi connectivity index (χ2n) is 9.74. The van der Waals surface area contributed by atoms with Gasteiger partial charge < -0.3 is 9.47 Å². The minimum absolute atomic E-state index is 0.0709. The van der Waals surface area contributed by atoms with E-state index in [2.05, 4.69) is 10.2 Å². The van der Waals surface area contributed by atoms with Crippen molar-refractivity contribution in [1.29, 1.82) is 0 Å². The van der Waals surface area contributed by atoms with Gasteiger partial charge in [-0.3, -0.25) is 0 Å². The smallest absolute Gasteiger partial charge is 0.368 e. The highest BCUT2D eigenvalue weighted by atomic mass is 32.2. The molecule has 3 aliphatic rings. The molecule has 0 N–H and O–H groups in total. The fraction of sp³-hybridized carbons (Fsp3) is 0.440. The van der Waals surface area contributed by atoms with Gasteiger partial charge in [0.2, 0.25) is 0 Å². The first-order valence-corrected chi connectivity index (χ1v) is 12.8. The Bertz CT molecular complexity index is 1210. The molecule has 0 unspecified atom stereocenters. The summed E-state index contributed by atoms with van der Waals surface area (Å²) in [4.78, 5) is 1.82. The molecule has 1 aromatic heterocycles. The van der Waals surface area contributed by atoms with Crippen LogP contribution in [0.15, 0.2) is 55.1 Å². The third kappa shape index (κ3) is 4.36. The SMILES string of the molecule is Fc1cc(N2C[C@@H]3[C@H](C2)[C@@H]3n2cnnc2)c(F)cc1CN1S[C@H](c2ccccc2)CC[C@@H]1C(F)(F)F. The maximum atomic E-state index is 15.2. The molecule has 0 amide bonds. The summed E-state index contributed by atoms with van der Waals surface area (Å²) < 4.78 is 74.8. The Labute approximate surface area is 209 Å². The van der Waals surface area contributed by atoms with Crippen LogP contribution in [0, 0.1) is 23.5 Å². The Kier molecular flexibility index (Phi) is 5.94. The van der Waals surface area contributed by atoms with Crippen molar-refractivity contribution in [3.05, 3.63) is 77.9 Å². The third-order valence-corrected chi connectivity index (χ3v) is 8.99. The summed E-state index contributed by atoms with van der Waals surface area (Å²) in [5.41, 5.74) is 1.01. The maximum absolute atomic E-state index is 15.2. The van der Waals surface area contributed by atoms with E-state index in [1.54, 1.807) is 12.7 Å². The summed E-state index contributed by atoms with van der Waals surface area (Å²) in [7, 11) is 0. The molecule has 2 saturated heterocycles. The van der Waals surface area contributed by atoms with Gasteiger partial charge in [-0.05, 0) is 24.5 Å². The zero-order chi connectivity index (χ0) is 25.0. The van der Waals surface area contributed by atoms with Gasteiger partial charge in [0.05, 0.1) is 5.69 Å². The van der Waals surface area contributed by atoms with Gasteiger partial charge in [-0.15, -0.1) is 10.2 Å². The molecule has 11 heteroatoms. The molecule has 2 aliphatic heterocycles. The molecular formula is C25H24F5N5S. The predicted octanol–water partition coefficient (Wildman–Crippen LogP) is 5.78. The van der Waals surface area contributed by atoms with Crippen LogP contribution in [0.2, 0.25) is 0 Å². The number of hydrogen-bond donors (Lipinski definition) is 0. The van der Waals surface area contributed by atoms with E-state index in [-0.39, 0.29) is 35.5 Å². The van der Waals surface area contributed by atoms with Crippen LogP contribution in [0.3, 0.4) is 0 Å². The lowest BCUT2D eigenvalue weighted by Crippen LogP contribution is -2.44. The van der Waals surface area contributed by atoms with Crippen molar-refractivity contribution in [3.8, 4) is 0 Å². The van der Waals surface area contributed by atoms with E-state index in [0.717, 1.165) is 29.6 Å². The number of halogens is 5. The molecule has 1 saturated carbocycles. The van der Waals surface area contributed by atoms with Crippen LogP contribution < -0.4 is 4.90 Å². The van der Waals surface area contributed by atoms with Crippen LogP contribution in [0.1, 0.15) is 35.3 Å². The highest BCUT2D eigenvalue weighted by Crippen LogP contribution is 2.56. The van der Waals surface area contributed by atoms with Gasteiger partial charge in [-0.2, -0.15) is 13.2 Å². The zero-order valence-electron chi connectivity index (χ0n) is 19.2. The first-order chi connectivity index (χ1) is 17.3. The van der Waals surface area contributed by atoms with Gasteiger partial charge in [0.15, 0.2) is 0 Å². The Morgan fingerprint density at radius 1 is 0.917 bits per heavy atom. The molecule has 0 spiro atoms. The highest BCUT2D eigenvalue weighted by Gasteiger charge is 2.57. The summed E-state index contributed by atoms with van der Waals surface area (Å²) in [5.74, 6) is -0.671. The first kappa shape index (κ1) is 23.7. The number of anilines is 1. The van der Waals surface area contributed by atoms with E-state index < -0.39 is 23.9 Å². The number of hydrogen-bond acceptors (Lipinski definition) is 5. The van der Waals surface area contributed by atoms with Gasteiger partial charge in [0.1, 0.15) is 30.3 Å². The van der Waals surface area contributed by atoms with Crippen molar-refractivity contribution in [2.45, 2.75) is 42.9 Å². The average Bonchev–Trinajstić information content (AvgIpc) is 3.23. The van der Waals surface area contributed by atoms with Crippen molar-refractivity contribution >= 4 is 17.6 Å². The lowest BCUT2D eigenvalue weighted by Gasteiger charge is -2.39. The molecule has 5 nitrogen and oxygen atoms in total. The lowest BCUT2D eigenvalue weighted by atomic mass is 10.0. The Balaban J connectivity index is 1.19. The van der Waals surface area contributed by atoms with E-state index in [0.29, 0.717) is 31.3 Å². The first-order valence-electron chi connectivity index (χ1n) is 11.9. The average molecular weight is 522 g/mol. The Morgan fingerprint density at radius 3 is 2.28 bits per heavy atom. The molecule has 1 aliphatic carbocycles. The Hall–Kier alpha value is -2.66. The van der Waals surface area contributed by atoms with Crippen LogP contribution in [0.5, 0.6) is 0 Å². The van der Waals surface area contributed by atoms with Crippen molar-refractivity contribution < 1.29 is 22.0 Å². The lowest BCUT2D eigenvalue weighted by molar-refractivity contribution is -0.174. The molecule has 3 heterocycles. The third-order valence-electron chi connectivity index (χ3n) is 7.57. The van der Waals surface area contributed by atoms with Crippen LogP contribution in [0.4, 0.5) is 27.6 Å². The minimum atomic E-state index is -4.46. The predicted molar refractivity (Wildman–Crippen MR) is 126 cm³/mol. The van der Waals surface area contributed by atoms with Gasteiger partial charge in [0, 0.05) is 54.4 Å². The van der Waals surface area contributed by atoms with E-state index >= 15 is 8.78 Å². The minimum Gasteiger partial charge on any atom is -0.368 e. The van der Waals surface area contributed by atoms with E-state index in [1.807, 2.05) is 39.8 Å². The molecule has 36 heavy (non-hydrogen) atoms. The highest BCUT2D eigenvalue weighted by molar-refractivity contribution is 7.97. The van der Waals surface area contributed by atoms with Crippen molar-refractivity contribution in [1.82, 2.24) is 19.1 Å². The molecule has 5 atom stereocenters. The number of aromatic nitrogens is 3. The molecule has 2 aromatic carbocycles. The Morgan fingerprint density at radius 2 is 1.61 bits per heavy atom. The second-order valence-corrected chi connectivity index (χ2v) is 11.0. The summed E-state index contributed by atoms with van der Waals surface area (Å²) in [6, 6.07) is 10.1. The van der Waals surface area contributed by atoms with Crippen molar-refractivity contribution in [2.75, 3.05) is 18.0 Å². The van der Waals surface area contributed by atoms with Crippen LogP contribution in [-0.4, -0.2) is 44.4 Å². The summed E-state index contributed by atoms with van der Waals surface area (Å²) in [5, 5.41) is 7.48. The van der Waals surface area contributed by atoms with Crippen LogP contribution in [0.25, 0.3) is 0 Å². The zero-order valence-corrected chi connectivity index (χ0v) is 20.0. The quantitative estimate of drug-likeness (QED) is 0.314. The normalized spacial score (nSPS) is 28.4. The molecule has 3 aromatic rings. The number of benzene rings is 2. The molecular weight excluding hydrogens is 497 g/mol. The van der Waals surface area contributed by atoms with E-state index in [9.17, 15) is 13.2 Å². The van der Waals surface area contributed by atoms with Gasteiger partial charge >= 0.3 is 6.18 Å². The second kappa shape index (κ2) is 9.02.